The molecule has 3 rings (SSSR count). The summed E-state index contributed by atoms with van der Waals surface area (Å²) in [6.07, 6.45) is -3.55. The summed E-state index contributed by atoms with van der Waals surface area (Å²) < 4.78 is 46.5. The van der Waals surface area contributed by atoms with Crippen LogP contribution < -0.4 is 14.3 Å². The SMILES string of the molecule is CC(=NOc1ncnc(OC2CCN(C(=O)O)CC2)c1C)c1ccc(OC(F)(F)F)cc1. The van der Waals surface area contributed by atoms with Gasteiger partial charge < -0.3 is 24.3 Å². The van der Waals surface area contributed by atoms with Crippen molar-refractivity contribution in [3.8, 4) is 17.5 Å². The summed E-state index contributed by atoms with van der Waals surface area (Å²) in [5.41, 5.74) is 1.46. The monoisotopic (exact) mass is 454 g/mol. The van der Waals surface area contributed by atoms with E-state index in [0.29, 0.717) is 48.6 Å². The first kappa shape index (κ1) is 23.1. The van der Waals surface area contributed by atoms with E-state index in [0.717, 1.165) is 0 Å². The molecule has 2 heterocycles. The number of ether oxygens (including phenoxy) is 2. The Kier molecular flexibility index (Phi) is 7.01. The van der Waals surface area contributed by atoms with E-state index in [9.17, 15) is 18.0 Å². The summed E-state index contributed by atoms with van der Waals surface area (Å²) in [6.45, 7) is 4.09. The summed E-state index contributed by atoms with van der Waals surface area (Å²) in [6, 6.07) is 5.21. The Morgan fingerprint density at radius 1 is 1.16 bits per heavy atom. The summed E-state index contributed by atoms with van der Waals surface area (Å²) in [7, 11) is 0. The van der Waals surface area contributed by atoms with Crippen molar-refractivity contribution in [1.29, 1.82) is 0 Å². The normalized spacial score (nSPS) is 15.4. The maximum Gasteiger partial charge on any atom is 0.573 e. The number of benzene rings is 1. The molecule has 0 aliphatic carbocycles. The van der Waals surface area contributed by atoms with Crippen LogP contribution in [0, 0.1) is 6.92 Å². The van der Waals surface area contributed by atoms with Crippen molar-refractivity contribution in [3.63, 3.8) is 0 Å². The zero-order valence-corrected chi connectivity index (χ0v) is 17.3. The predicted molar refractivity (Wildman–Crippen MR) is 106 cm³/mol. The number of oxime groups is 1. The third-order valence-electron chi connectivity index (χ3n) is 4.76. The van der Waals surface area contributed by atoms with E-state index in [-0.39, 0.29) is 17.7 Å². The molecule has 1 aliphatic rings. The highest BCUT2D eigenvalue weighted by atomic mass is 19.4. The molecule has 32 heavy (non-hydrogen) atoms. The average molecular weight is 454 g/mol. The summed E-state index contributed by atoms with van der Waals surface area (Å²) in [5.74, 6) is 0.136. The average Bonchev–Trinajstić information content (AvgIpc) is 2.74. The lowest BCUT2D eigenvalue weighted by Crippen LogP contribution is -2.41. The first-order valence-corrected chi connectivity index (χ1v) is 9.66. The molecule has 1 N–H and O–H groups in total. The van der Waals surface area contributed by atoms with E-state index >= 15 is 0 Å². The molecular formula is C20H21F3N4O5. The third-order valence-corrected chi connectivity index (χ3v) is 4.76. The van der Waals surface area contributed by atoms with Crippen LogP contribution in [-0.4, -0.2) is 57.3 Å². The maximum atomic E-state index is 12.3. The van der Waals surface area contributed by atoms with E-state index in [4.69, 9.17) is 14.7 Å². The zero-order chi connectivity index (χ0) is 23.3. The van der Waals surface area contributed by atoms with Crippen molar-refractivity contribution in [2.45, 2.75) is 39.2 Å². The minimum absolute atomic E-state index is 0.161. The number of halogens is 3. The molecule has 2 aromatic rings. The molecule has 0 bridgehead atoms. The van der Waals surface area contributed by atoms with E-state index in [2.05, 4.69) is 19.9 Å². The highest BCUT2D eigenvalue weighted by Crippen LogP contribution is 2.26. The van der Waals surface area contributed by atoms with Crippen molar-refractivity contribution < 1.29 is 37.4 Å². The van der Waals surface area contributed by atoms with E-state index in [1.807, 2.05) is 0 Å². The fraction of sp³-hybridized carbons (Fsp3) is 0.400. The van der Waals surface area contributed by atoms with Crippen LogP contribution in [0.4, 0.5) is 18.0 Å². The van der Waals surface area contributed by atoms with Crippen LogP contribution in [0.2, 0.25) is 0 Å². The van der Waals surface area contributed by atoms with Crippen molar-refractivity contribution in [2.24, 2.45) is 5.16 Å². The highest BCUT2D eigenvalue weighted by Gasteiger charge is 2.31. The van der Waals surface area contributed by atoms with Crippen molar-refractivity contribution in [3.05, 3.63) is 41.7 Å². The number of aromatic nitrogens is 2. The Morgan fingerprint density at radius 2 is 1.78 bits per heavy atom. The molecule has 0 spiro atoms. The number of rotatable bonds is 6. The molecule has 0 atom stereocenters. The quantitative estimate of drug-likeness (QED) is 0.519. The Balaban J connectivity index is 1.63. The number of carbonyl (C=O) groups is 1. The summed E-state index contributed by atoms with van der Waals surface area (Å²) in [4.78, 5) is 25.9. The van der Waals surface area contributed by atoms with Crippen molar-refractivity contribution in [1.82, 2.24) is 14.9 Å². The molecule has 1 aromatic heterocycles. The molecule has 1 saturated heterocycles. The minimum Gasteiger partial charge on any atom is -0.474 e. The number of hydrogen-bond donors (Lipinski definition) is 1. The standard InChI is InChI=1S/C20H21F3N4O5/c1-12-17(30-15-7-9-27(10-8-15)19(28)29)24-11-25-18(12)32-26-13(2)14-3-5-16(6-4-14)31-20(21,22)23/h3-6,11,15H,7-10H2,1-2H3,(H,28,29). The fourth-order valence-corrected chi connectivity index (χ4v) is 3.01. The van der Waals surface area contributed by atoms with Crippen LogP contribution in [0.3, 0.4) is 0 Å². The molecule has 0 unspecified atom stereocenters. The number of likely N-dealkylation sites (tertiary alicyclic amines) is 1. The van der Waals surface area contributed by atoms with E-state index in [1.165, 1.54) is 35.5 Å². The molecule has 9 nitrogen and oxygen atoms in total. The van der Waals surface area contributed by atoms with Gasteiger partial charge in [-0.05, 0) is 43.7 Å². The van der Waals surface area contributed by atoms with Crippen molar-refractivity contribution in [2.75, 3.05) is 13.1 Å². The first-order chi connectivity index (χ1) is 15.1. The van der Waals surface area contributed by atoms with Gasteiger partial charge in [0, 0.05) is 25.9 Å². The van der Waals surface area contributed by atoms with Gasteiger partial charge in [0.25, 0.3) is 5.88 Å². The van der Waals surface area contributed by atoms with Gasteiger partial charge in [-0.25, -0.2) is 9.78 Å². The lowest BCUT2D eigenvalue weighted by Gasteiger charge is -2.30. The number of piperidine rings is 1. The number of hydrogen-bond acceptors (Lipinski definition) is 7. The lowest BCUT2D eigenvalue weighted by atomic mass is 10.1. The van der Waals surface area contributed by atoms with Gasteiger partial charge >= 0.3 is 12.5 Å². The number of nitrogens with zero attached hydrogens (tertiary/aromatic N) is 4. The smallest absolute Gasteiger partial charge is 0.474 e. The molecule has 0 saturated carbocycles. The molecular weight excluding hydrogens is 433 g/mol. The summed E-state index contributed by atoms with van der Waals surface area (Å²) >= 11 is 0. The zero-order valence-electron chi connectivity index (χ0n) is 17.3. The van der Waals surface area contributed by atoms with Crippen LogP contribution in [-0.2, 0) is 0 Å². The minimum atomic E-state index is -4.76. The van der Waals surface area contributed by atoms with Gasteiger partial charge in [-0.3, -0.25) is 0 Å². The number of carboxylic acid groups (broad SMARTS) is 1. The second kappa shape index (κ2) is 9.71. The Morgan fingerprint density at radius 3 is 2.38 bits per heavy atom. The van der Waals surface area contributed by atoms with Crippen molar-refractivity contribution >= 4 is 11.8 Å². The van der Waals surface area contributed by atoms with Gasteiger partial charge in [-0.2, -0.15) is 4.98 Å². The fourth-order valence-electron chi connectivity index (χ4n) is 3.01. The molecule has 1 fully saturated rings. The number of amides is 1. The third kappa shape index (κ3) is 6.22. The van der Waals surface area contributed by atoms with Crippen LogP contribution in [0.25, 0.3) is 0 Å². The van der Waals surface area contributed by atoms with E-state index < -0.39 is 12.5 Å². The molecule has 12 heteroatoms. The van der Waals surface area contributed by atoms with Gasteiger partial charge in [0.1, 0.15) is 18.2 Å². The molecule has 1 aliphatic heterocycles. The van der Waals surface area contributed by atoms with Gasteiger partial charge in [-0.1, -0.05) is 5.16 Å². The second-order valence-electron chi connectivity index (χ2n) is 7.04. The second-order valence-corrected chi connectivity index (χ2v) is 7.04. The lowest BCUT2D eigenvalue weighted by molar-refractivity contribution is -0.274. The first-order valence-electron chi connectivity index (χ1n) is 9.66. The van der Waals surface area contributed by atoms with Crippen LogP contribution in [0.1, 0.15) is 30.9 Å². The predicted octanol–water partition coefficient (Wildman–Crippen LogP) is 4.01. The van der Waals surface area contributed by atoms with Crippen LogP contribution >= 0.6 is 0 Å². The molecule has 1 amide bonds. The van der Waals surface area contributed by atoms with Gasteiger partial charge in [0.15, 0.2) is 0 Å². The topological polar surface area (TPSA) is 106 Å². The largest absolute Gasteiger partial charge is 0.573 e. The number of alkyl halides is 3. The molecule has 172 valence electrons. The van der Waals surface area contributed by atoms with Gasteiger partial charge in [0.2, 0.25) is 5.88 Å². The van der Waals surface area contributed by atoms with Crippen LogP contribution in [0.5, 0.6) is 17.5 Å². The Bertz CT molecular complexity index is 974. The maximum absolute atomic E-state index is 12.3. The molecule has 1 aromatic carbocycles. The van der Waals surface area contributed by atoms with Gasteiger partial charge in [0.05, 0.1) is 11.3 Å². The summed E-state index contributed by atoms with van der Waals surface area (Å²) in [5, 5.41) is 13.0. The van der Waals surface area contributed by atoms with Crippen LogP contribution in [0.15, 0.2) is 35.7 Å². The Labute approximate surface area is 181 Å². The Hall–Kier alpha value is -3.57. The molecule has 0 radical (unpaired) electrons. The highest BCUT2D eigenvalue weighted by molar-refractivity contribution is 5.98. The van der Waals surface area contributed by atoms with Gasteiger partial charge in [-0.15, -0.1) is 13.2 Å². The van der Waals surface area contributed by atoms with E-state index in [1.54, 1.807) is 13.8 Å².